The van der Waals surface area contributed by atoms with Crippen LogP contribution in [0, 0.1) is 6.92 Å². The lowest BCUT2D eigenvalue weighted by molar-refractivity contribution is 0.286. The first-order valence-electron chi connectivity index (χ1n) is 4.23. The molecule has 1 aromatic rings. The van der Waals surface area contributed by atoms with E-state index in [1.54, 1.807) is 0 Å². The third-order valence-electron chi connectivity index (χ3n) is 1.85. The topological polar surface area (TPSA) is 35.2 Å². The molecule has 2 nitrogen and oxygen atoms in total. The van der Waals surface area contributed by atoms with Gasteiger partial charge in [0.15, 0.2) is 0 Å². The first-order valence-corrected chi connectivity index (χ1v) is 5.43. The van der Waals surface area contributed by atoms with Gasteiger partial charge in [-0.15, -0.1) is 0 Å². The van der Waals surface area contributed by atoms with Crippen molar-refractivity contribution < 1.29 is 4.74 Å². The summed E-state index contributed by atoms with van der Waals surface area (Å²) in [5.41, 5.74) is 6.53. The number of nitrogens with two attached hydrogens (primary N) is 1. The van der Waals surface area contributed by atoms with Gasteiger partial charge in [0.2, 0.25) is 0 Å². The van der Waals surface area contributed by atoms with Crippen LogP contribution in [0.15, 0.2) is 22.7 Å². The van der Waals surface area contributed by atoms with Crippen molar-refractivity contribution in [2.24, 2.45) is 5.73 Å². The maximum Gasteiger partial charge on any atom is 0.145 e. The fourth-order valence-electron chi connectivity index (χ4n) is 0.949. The quantitative estimate of drug-likeness (QED) is 0.861. The summed E-state index contributed by atoms with van der Waals surface area (Å²) in [5, 5.41) is 0. The van der Waals surface area contributed by atoms with E-state index in [1.807, 2.05) is 32.0 Å². The Bertz CT molecular complexity index is 354. The SMILES string of the molecule is Cc1ccc(Br)cc1OC(C)C(N)=S. The van der Waals surface area contributed by atoms with E-state index in [4.69, 9.17) is 22.7 Å². The molecule has 76 valence electrons. The van der Waals surface area contributed by atoms with Crippen LogP contribution < -0.4 is 10.5 Å². The fraction of sp³-hybridized carbons (Fsp3) is 0.300. The van der Waals surface area contributed by atoms with Crippen LogP contribution >= 0.6 is 28.1 Å². The summed E-state index contributed by atoms with van der Waals surface area (Å²) in [6, 6.07) is 5.85. The molecule has 0 heterocycles. The van der Waals surface area contributed by atoms with Crippen LogP contribution in [0.4, 0.5) is 0 Å². The molecule has 2 N–H and O–H groups in total. The summed E-state index contributed by atoms with van der Waals surface area (Å²) in [6.45, 7) is 3.82. The molecule has 1 rings (SSSR count). The number of ether oxygens (including phenoxy) is 1. The van der Waals surface area contributed by atoms with Crippen molar-refractivity contribution >= 4 is 33.1 Å². The average Bonchev–Trinajstić information content (AvgIpc) is 2.11. The first kappa shape index (κ1) is 11.5. The lowest BCUT2D eigenvalue weighted by Crippen LogP contribution is -2.29. The van der Waals surface area contributed by atoms with Crippen LogP contribution in [0.5, 0.6) is 5.75 Å². The second kappa shape index (κ2) is 4.75. The summed E-state index contributed by atoms with van der Waals surface area (Å²) in [5.74, 6) is 0.805. The molecule has 0 aromatic heterocycles. The number of hydrogen-bond donors (Lipinski definition) is 1. The maximum absolute atomic E-state index is 5.59. The Morgan fingerprint density at radius 3 is 2.79 bits per heavy atom. The van der Waals surface area contributed by atoms with Gasteiger partial charge >= 0.3 is 0 Å². The molecule has 0 aliphatic carbocycles. The molecule has 1 atom stereocenters. The summed E-state index contributed by atoms with van der Waals surface area (Å²) >= 11 is 8.21. The normalized spacial score (nSPS) is 12.2. The Morgan fingerprint density at radius 2 is 2.21 bits per heavy atom. The molecule has 1 aromatic carbocycles. The average molecular weight is 274 g/mol. The van der Waals surface area contributed by atoms with Crippen molar-refractivity contribution in [3.05, 3.63) is 28.2 Å². The zero-order chi connectivity index (χ0) is 10.7. The summed E-state index contributed by atoms with van der Waals surface area (Å²) < 4.78 is 6.57. The largest absolute Gasteiger partial charge is 0.483 e. The summed E-state index contributed by atoms with van der Waals surface area (Å²) in [4.78, 5) is 0.365. The van der Waals surface area contributed by atoms with Crippen LogP contribution in [-0.4, -0.2) is 11.1 Å². The van der Waals surface area contributed by atoms with Gasteiger partial charge in [0.25, 0.3) is 0 Å². The van der Waals surface area contributed by atoms with Crippen LogP contribution in [0.25, 0.3) is 0 Å². The second-order valence-electron chi connectivity index (χ2n) is 3.07. The molecule has 0 saturated carbocycles. The summed E-state index contributed by atoms with van der Waals surface area (Å²) in [7, 11) is 0. The third kappa shape index (κ3) is 2.96. The highest BCUT2D eigenvalue weighted by Gasteiger charge is 2.08. The van der Waals surface area contributed by atoms with Gasteiger partial charge in [-0.3, -0.25) is 0 Å². The molecule has 0 spiro atoms. The van der Waals surface area contributed by atoms with Gasteiger partial charge in [0.05, 0.1) is 0 Å². The van der Waals surface area contributed by atoms with E-state index < -0.39 is 0 Å². The maximum atomic E-state index is 5.59. The van der Waals surface area contributed by atoms with Gasteiger partial charge < -0.3 is 10.5 Å². The Morgan fingerprint density at radius 1 is 1.57 bits per heavy atom. The molecule has 0 aliphatic heterocycles. The van der Waals surface area contributed by atoms with Crippen molar-refractivity contribution in [2.75, 3.05) is 0 Å². The van der Waals surface area contributed by atoms with Gasteiger partial charge in [0, 0.05) is 4.47 Å². The lowest BCUT2D eigenvalue weighted by Gasteiger charge is -2.15. The van der Waals surface area contributed by atoms with E-state index in [9.17, 15) is 0 Å². The zero-order valence-electron chi connectivity index (χ0n) is 8.08. The Hall–Kier alpha value is -0.610. The minimum atomic E-state index is -0.238. The smallest absolute Gasteiger partial charge is 0.145 e. The van der Waals surface area contributed by atoms with E-state index in [2.05, 4.69) is 15.9 Å². The highest BCUT2D eigenvalue weighted by Crippen LogP contribution is 2.23. The van der Waals surface area contributed by atoms with Gasteiger partial charge in [-0.1, -0.05) is 34.2 Å². The van der Waals surface area contributed by atoms with Gasteiger partial charge in [0.1, 0.15) is 16.8 Å². The third-order valence-corrected chi connectivity index (χ3v) is 2.68. The van der Waals surface area contributed by atoms with Crippen molar-refractivity contribution in [1.82, 2.24) is 0 Å². The van der Waals surface area contributed by atoms with Gasteiger partial charge in [-0.2, -0.15) is 0 Å². The standard InChI is InChI=1S/C10H12BrNOS/c1-6-3-4-8(11)5-9(6)13-7(2)10(12)14/h3-5,7H,1-2H3,(H2,12,14). The predicted molar refractivity (Wildman–Crippen MR) is 65.8 cm³/mol. The zero-order valence-corrected chi connectivity index (χ0v) is 10.5. The molecular formula is C10H12BrNOS. The van der Waals surface area contributed by atoms with E-state index in [0.29, 0.717) is 4.99 Å². The minimum Gasteiger partial charge on any atom is -0.483 e. The van der Waals surface area contributed by atoms with E-state index >= 15 is 0 Å². The van der Waals surface area contributed by atoms with E-state index in [-0.39, 0.29) is 6.10 Å². The minimum absolute atomic E-state index is 0.238. The van der Waals surface area contributed by atoms with E-state index in [1.165, 1.54) is 0 Å². The van der Waals surface area contributed by atoms with Crippen LogP contribution in [0.3, 0.4) is 0 Å². The molecule has 0 radical (unpaired) electrons. The number of aryl methyl sites for hydroxylation is 1. The van der Waals surface area contributed by atoms with Gasteiger partial charge in [-0.25, -0.2) is 0 Å². The Labute approximate surface area is 97.6 Å². The molecule has 0 aliphatic rings. The van der Waals surface area contributed by atoms with E-state index in [0.717, 1.165) is 15.8 Å². The molecule has 0 bridgehead atoms. The molecule has 1 unspecified atom stereocenters. The molecule has 4 heteroatoms. The van der Waals surface area contributed by atoms with Crippen LogP contribution in [0.1, 0.15) is 12.5 Å². The molecule has 0 saturated heterocycles. The first-order chi connectivity index (χ1) is 6.50. The van der Waals surface area contributed by atoms with Crippen molar-refractivity contribution in [1.29, 1.82) is 0 Å². The van der Waals surface area contributed by atoms with Gasteiger partial charge in [-0.05, 0) is 31.5 Å². The predicted octanol–water partition coefficient (Wildman–Crippen LogP) is 2.81. The van der Waals surface area contributed by atoms with Crippen LogP contribution in [-0.2, 0) is 0 Å². The fourth-order valence-corrected chi connectivity index (χ4v) is 1.34. The highest BCUT2D eigenvalue weighted by molar-refractivity contribution is 9.10. The van der Waals surface area contributed by atoms with Crippen molar-refractivity contribution in [3.8, 4) is 5.75 Å². The highest BCUT2D eigenvalue weighted by atomic mass is 79.9. The second-order valence-corrected chi connectivity index (χ2v) is 4.46. The molecule has 0 fully saturated rings. The lowest BCUT2D eigenvalue weighted by atomic mass is 10.2. The summed E-state index contributed by atoms with van der Waals surface area (Å²) in [6.07, 6.45) is -0.238. The number of benzene rings is 1. The molecule has 0 amide bonds. The number of rotatable bonds is 3. The monoisotopic (exact) mass is 273 g/mol. The molecule has 14 heavy (non-hydrogen) atoms. The Balaban J connectivity index is 2.85. The van der Waals surface area contributed by atoms with Crippen molar-refractivity contribution in [3.63, 3.8) is 0 Å². The van der Waals surface area contributed by atoms with Crippen LogP contribution in [0.2, 0.25) is 0 Å². The number of halogens is 1. The number of thiocarbonyl (C=S) groups is 1. The Kier molecular flexibility index (Phi) is 3.89. The number of hydrogen-bond acceptors (Lipinski definition) is 2. The van der Waals surface area contributed by atoms with Crippen molar-refractivity contribution in [2.45, 2.75) is 20.0 Å². The molecular weight excluding hydrogens is 262 g/mol.